The van der Waals surface area contributed by atoms with E-state index in [-0.39, 0.29) is 17.5 Å². The highest BCUT2D eigenvalue weighted by atomic mass is 127. The van der Waals surface area contributed by atoms with Crippen molar-refractivity contribution in [1.82, 2.24) is 4.98 Å². The lowest BCUT2D eigenvalue weighted by Gasteiger charge is -2.09. The fraction of sp³-hybridized carbons (Fsp3) is 0.375. The minimum absolute atomic E-state index is 0.0228. The summed E-state index contributed by atoms with van der Waals surface area (Å²) in [6.07, 6.45) is -2.63. The predicted molar refractivity (Wildman–Crippen MR) is 58.0 cm³/mol. The zero-order valence-corrected chi connectivity index (χ0v) is 10.1. The van der Waals surface area contributed by atoms with Gasteiger partial charge in [-0.2, -0.15) is 0 Å². The van der Waals surface area contributed by atoms with Crippen LogP contribution in [0.2, 0.25) is 0 Å². The predicted octanol–water partition coefficient (Wildman–Crippen LogP) is 3.37. The average molecular weight is 334 g/mol. The second kappa shape index (κ2) is 5.06. The highest BCUT2D eigenvalue weighted by Gasteiger charge is 2.18. The summed E-state index contributed by atoms with van der Waals surface area (Å²) in [5, 5.41) is 0. The number of methoxy groups -OCH3 is 1. The van der Waals surface area contributed by atoms with Gasteiger partial charge in [0.05, 0.1) is 13.0 Å². The molecule has 0 radical (unpaired) electrons. The third kappa shape index (κ3) is 2.44. The van der Waals surface area contributed by atoms with E-state index in [1.807, 2.05) is 22.6 Å². The van der Waals surface area contributed by atoms with Gasteiger partial charge in [0.1, 0.15) is 5.69 Å². The van der Waals surface area contributed by atoms with E-state index >= 15 is 0 Å². The van der Waals surface area contributed by atoms with E-state index in [1.165, 1.54) is 7.11 Å². The second-order valence-electron chi connectivity index (χ2n) is 2.44. The van der Waals surface area contributed by atoms with E-state index in [1.54, 1.807) is 6.07 Å². The van der Waals surface area contributed by atoms with E-state index in [2.05, 4.69) is 4.98 Å². The van der Waals surface area contributed by atoms with Crippen LogP contribution in [0.1, 0.15) is 17.7 Å². The van der Waals surface area contributed by atoms with Crippen molar-refractivity contribution in [2.45, 2.75) is 12.3 Å². The van der Waals surface area contributed by atoms with Gasteiger partial charge in [-0.3, -0.25) is 0 Å². The average Bonchev–Trinajstić information content (AvgIpc) is 2.16. The van der Waals surface area contributed by atoms with Gasteiger partial charge in [0.2, 0.25) is 5.88 Å². The fourth-order valence-electron chi connectivity index (χ4n) is 0.954. The van der Waals surface area contributed by atoms with Crippen molar-refractivity contribution < 1.29 is 13.5 Å². The first-order valence-electron chi connectivity index (χ1n) is 3.67. The monoisotopic (exact) mass is 333 g/mol. The summed E-state index contributed by atoms with van der Waals surface area (Å²) in [4.78, 5) is 3.66. The Morgan fingerprint density at radius 2 is 2.29 bits per heavy atom. The van der Waals surface area contributed by atoms with Crippen LogP contribution in [-0.2, 0) is 5.88 Å². The highest BCUT2D eigenvalue weighted by molar-refractivity contribution is 14.1. The molecule has 0 saturated carbocycles. The third-order valence-electron chi connectivity index (χ3n) is 1.63. The maximum Gasteiger partial charge on any atom is 0.280 e. The molecule has 0 unspecified atom stereocenters. The molecule has 0 aliphatic carbocycles. The van der Waals surface area contributed by atoms with E-state index in [9.17, 15) is 8.78 Å². The standard InChI is InChI=1S/C8H7ClF2INO/c1-14-6-2-5(12)4(3-9)7(13-6)8(10)11/h2,8H,3H2,1H3. The van der Waals surface area contributed by atoms with Gasteiger partial charge in [-0.05, 0) is 22.6 Å². The molecule has 0 aromatic carbocycles. The minimum atomic E-state index is -2.63. The molecule has 0 spiro atoms. The van der Waals surface area contributed by atoms with Crippen molar-refractivity contribution in [1.29, 1.82) is 0 Å². The number of ether oxygens (including phenoxy) is 1. The first kappa shape index (κ1) is 11.9. The summed E-state index contributed by atoms with van der Waals surface area (Å²) in [5.74, 6) is 0.202. The molecule has 1 aromatic rings. The molecule has 1 rings (SSSR count). The Bertz CT molecular complexity index is 335. The maximum absolute atomic E-state index is 12.5. The van der Waals surface area contributed by atoms with Crippen molar-refractivity contribution in [3.05, 3.63) is 20.9 Å². The summed E-state index contributed by atoms with van der Waals surface area (Å²) < 4.78 is 30.5. The zero-order chi connectivity index (χ0) is 10.7. The molecular weight excluding hydrogens is 326 g/mol. The Balaban J connectivity index is 3.28. The molecule has 0 fully saturated rings. The number of hydrogen-bond acceptors (Lipinski definition) is 2. The van der Waals surface area contributed by atoms with Gasteiger partial charge in [-0.15, -0.1) is 11.6 Å². The van der Waals surface area contributed by atoms with E-state index in [0.717, 1.165) is 0 Å². The molecule has 0 atom stereocenters. The van der Waals surface area contributed by atoms with Gasteiger partial charge in [0.15, 0.2) is 0 Å². The molecule has 78 valence electrons. The SMILES string of the molecule is COc1cc(I)c(CCl)c(C(F)F)n1. The van der Waals surface area contributed by atoms with Gasteiger partial charge < -0.3 is 4.74 Å². The van der Waals surface area contributed by atoms with Crippen LogP contribution in [0.3, 0.4) is 0 Å². The molecule has 0 amide bonds. The summed E-state index contributed by atoms with van der Waals surface area (Å²) in [7, 11) is 1.38. The summed E-state index contributed by atoms with van der Waals surface area (Å²) >= 11 is 7.49. The van der Waals surface area contributed by atoms with Crippen LogP contribution in [0.25, 0.3) is 0 Å². The normalized spacial score (nSPS) is 10.7. The number of rotatable bonds is 3. The molecule has 0 aliphatic heterocycles. The van der Waals surface area contributed by atoms with Gasteiger partial charge in [0, 0.05) is 15.2 Å². The Morgan fingerprint density at radius 3 is 2.71 bits per heavy atom. The van der Waals surface area contributed by atoms with E-state index in [4.69, 9.17) is 16.3 Å². The minimum Gasteiger partial charge on any atom is -0.481 e. The third-order valence-corrected chi connectivity index (χ3v) is 2.86. The smallest absolute Gasteiger partial charge is 0.280 e. The van der Waals surface area contributed by atoms with E-state index < -0.39 is 6.43 Å². The van der Waals surface area contributed by atoms with Gasteiger partial charge in [-0.1, -0.05) is 0 Å². The number of hydrogen-bond donors (Lipinski definition) is 0. The van der Waals surface area contributed by atoms with Crippen molar-refractivity contribution in [2.24, 2.45) is 0 Å². The molecule has 2 nitrogen and oxygen atoms in total. The molecule has 0 saturated heterocycles. The Labute approximate surface area is 98.8 Å². The summed E-state index contributed by atoms with van der Waals surface area (Å²) in [5.41, 5.74) is 0.0619. The first-order chi connectivity index (χ1) is 6.60. The van der Waals surface area contributed by atoms with Crippen molar-refractivity contribution in [3.63, 3.8) is 0 Å². The molecule has 1 aromatic heterocycles. The van der Waals surface area contributed by atoms with Crippen LogP contribution in [0.4, 0.5) is 8.78 Å². The van der Waals surface area contributed by atoms with Gasteiger partial charge in [0.25, 0.3) is 6.43 Å². The van der Waals surface area contributed by atoms with Crippen LogP contribution in [0.15, 0.2) is 6.07 Å². The lowest BCUT2D eigenvalue weighted by Crippen LogP contribution is -2.02. The number of nitrogens with zero attached hydrogens (tertiary/aromatic N) is 1. The number of pyridine rings is 1. The lowest BCUT2D eigenvalue weighted by molar-refractivity contribution is 0.144. The highest BCUT2D eigenvalue weighted by Crippen LogP contribution is 2.28. The Morgan fingerprint density at radius 1 is 1.64 bits per heavy atom. The van der Waals surface area contributed by atoms with Gasteiger partial charge in [-0.25, -0.2) is 13.8 Å². The molecule has 1 heterocycles. The number of alkyl halides is 3. The van der Waals surface area contributed by atoms with Crippen molar-refractivity contribution in [2.75, 3.05) is 7.11 Å². The van der Waals surface area contributed by atoms with Crippen LogP contribution in [0, 0.1) is 3.57 Å². The largest absolute Gasteiger partial charge is 0.481 e. The maximum atomic E-state index is 12.5. The molecule has 0 aliphatic rings. The molecule has 0 N–H and O–H groups in total. The van der Waals surface area contributed by atoms with Crippen molar-refractivity contribution >= 4 is 34.2 Å². The quantitative estimate of drug-likeness (QED) is 0.625. The van der Waals surface area contributed by atoms with Crippen LogP contribution < -0.4 is 4.74 Å². The molecule has 0 bridgehead atoms. The molecule has 6 heteroatoms. The van der Waals surface area contributed by atoms with Crippen molar-refractivity contribution in [3.8, 4) is 5.88 Å². The van der Waals surface area contributed by atoms with Gasteiger partial charge >= 0.3 is 0 Å². The lowest BCUT2D eigenvalue weighted by atomic mass is 10.2. The second-order valence-corrected chi connectivity index (χ2v) is 3.87. The molecular formula is C8H7ClF2INO. The van der Waals surface area contributed by atoms with Crippen LogP contribution in [0.5, 0.6) is 5.88 Å². The summed E-state index contributed by atoms with van der Waals surface area (Å²) in [6.45, 7) is 0. The topological polar surface area (TPSA) is 22.1 Å². The number of halogens is 4. The zero-order valence-electron chi connectivity index (χ0n) is 7.23. The fourth-order valence-corrected chi connectivity index (χ4v) is 2.19. The Kier molecular flexibility index (Phi) is 4.31. The number of aromatic nitrogens is 1. The van der Waals surface area contributed by atoms with E-state index in [0.29, 0.717) is 9.13 Å². The van der Waals surface area contributed by atoms with Crippen LogP contribution >= 0.6 is 34.2 Å². The molecule has 14 heavy (non-hydrogen) atoms. The first-order valence-corrected chi connectivity index (χ1v) is 5.29. The summed E-state index contributed by atoms with van der Waals surface area (Å²) in [6, 6.07) is 1.57. The van der Waals surface area contributed by atoms with Crippen LogP contribution in [-0.4, -0.2) is 12.1 Å². The Hall–Kier alpha value is -0.170.